The van der Waals surface area contributed by atoms with Crippen molar-refractivity contribution in [3.63, 3.8) is 0 Å². The highest BCUT2D eigenvalue weighted by Gasteiger charge is 2.56. The molecule has 2 amide bonds. The maximum Gasteiger partial charge on any atom is 0.255 e. The molecule has 1 atom stereocenters. The summed E-state index contributed by atoms with van der Waals surface area (Å²) in [6.45, 7) is 0. The SMILES string of the molecule is COc1cc(NC(=O)[C@H]2CC2(Cl)Cl)c(OC)cc1NC(=O)c1ccccc1. The normalized spacial score (nSPS) is 17.0. The van der Waals surface area contributed by atoms with Crippen molar-refractivity contribution in [1.29, 1.82) is 0 Å². The lowest BCUT2D eigenvalue weighted by molar-refractivity contribution is -0.117. The zero-order chi connectivity index (χ0) is 19.6. The van der Waals surface area contributed by atoms with Gasteiger partial charge in [-0.25, -0.2) is 0 Å². The molecule has 0 spiro atoms. The van der Waals surface area contributed by atoms with Crippen molar-refractivity contribution in [2.24, 2.45) is 5.92 Å². The van der Waals surface area contributed by atoms with Gasteiger partial charge in [-0.05, 0) is 18.6 Å². The van der Waals surface area contributed by atoms with Gasteiger partial charge in [0.1, 0.15) is 15.8 Å². The summed E-state index contributed by atoms with van der Waals surface area (Å²) < 4.78 is 9.66. The van der Waals surface area contributed by atoms with E-state index in [4.69, 9.17) is 32.7 Å². The summed E-state index contributed by atoms with van der Waals surface area (Å²) in [6.07, 6.45) is 0.395. The first-order valence-electron chi connectivity index (χ1n) is 8.17. The van der Waals surface area contributed by atoms with E-state index >= 15 is 0 Å². The molecule has 0 heterocycles. The molecule has 8 heteroatoms. The van der Waals surface area contributed by atoms with Gasteiger partial charge in [-0.2, -0.15) is 0 Å². The number of rotatable bonds is 6. The Morgan fingerprint density at radius 2 is 1.52 bits per heavy atom. The minimum absolute atomic E-state index is 0.292. The third-order valence-corrected chi connectivity index (χ3v) is 5.04. The second kappa shape index (κ2) is 7.66. The Kier molecular flexibility index (Phi) is 5.48. The van der Waals surface area contributed by atoms with Crippen LogP contribution >= 0.6 is 23.2 Å². The van der Waals surface area contributed by atoms with Crippen LogP contribution in [0.15, 0.2) is 42.5 Å². The van der Waals surface area contributed by atoms with Crippen molar-refractivity contribution >= 4 is 46.4 Å². The Morgan fingerprint density at radius 3 is 2.00 bits per heavy atom. The lowest BCUT2D eigenvalue weighted by Crippen LogP contribution is -2.18. The Hall–Kier alpha value is -2.44. The maximum absolute atomic E-state index is 12.4. The van der Waals surface area contributed by atoms with E-state index in [0.29, 0.717) is 34.9 Å². The molecule has 6 nitrogen and oxygen atoms in total. The van der Waals surface area contributed by atoms with Gasteiger partial charge in [-0.3, -0.25) is 9.59 Å². The number of benzene rings is 2. The van der Waals surface area contributed by atoms with Crippen LogP contribution in [0.5, 0.6) is 11.5 Å². The zero-order valence-corrected chi connectivity index (χ0v) is 16.2. The molecule has 0 aromatic heterocycles. The van der Waals surface area contributed by atoms with Gasteiger partial charge in [0, 0.05) is 17.7 Å². The molecule has 0 unspecified atom stereocenters. The largest absolute Gasteiger partial charge is 0.494 e. The van der Waals surface area contributed by atoms with Gasteiger partial charge in [0.25, 0.3) is 5.91 Å². The molecule has 1 aliphatic carbocycles. The minimum atomic E-state index is -1.02. The number of hydrogen-bond acceptors (Lipinski definition) is 4. The van der Waals surface area contributed by atoms with E-state index in [-0.39, 0.29) is 11.8 Å². The summed E-state index contributed by atoms with van der Waals surface area (Å²) in [4.78, 5) is 24.7. The number of amides is 2. The number of halogens is 2. The molecule has 0 saturated heterocycles. The van der Waals surface area contributed by atoms with E-state index in [2.05, 4.69) is 10.6 Å². The first kappa shape index (κ1) is 19.3. The monoisotopic (exact) mass is 408 g/mol. The summed E-state index contributed by atoms with van der Waals surface area (Å²) in [7, 11) is 2.93. The molecule has 2 aromatic carbocycles. The second-order valence-corrected chi connectivity index (χ2v) is 7.62. The van der Waals surface area contributed by atoms with E-state index in [1.165, 1.54) is 14.2 Å². The van der Waals surface area contributed by atoms with Crippen LogP contribution in [-0.2, 0) is 4.79 Å². The fraction of sp³-hybridized carbons (Fsp3) is 0.263. The third-order valence-electron chi connectivity index (χ3n) is 4.21. The van der Waals surface area contributed by atoms with Gasteiger partial charge in [0.2, 0.25) is 5.91 Å². The fourth-order valence-electron chi connectivity index (χ4n) is 2.59. The fourth-order valence-corrected chi connectivity index (χ4v) is 3.10. The molecule has 2 N–H and O–H groups in total. The van der Waals surface area contributed by atoms with E-state index in [9.17, 15) is 9.59 Å². The van der Waals surface area contributed by atoms with Crippen LogP contribution in [0.4, 0.5) is 11.4 Å². The van der Waals surface area contributed by atoms with Gasteiger partial charge in [0.15, 0.2) is 0 Å². The summed E-state index contributed by atoms with van der Waals surface area (Å²) >= 11 is 11.9. The van der Waals surface area contributed by atoms with Crippen LogP contribution in [-0.4, -0.2) is 30.4 Å². The molecule has 1 aliphatic rings. The quantitative estimate of drug-likeness (QED) is 0.705. The molecule has 3 rings (SSSR count). The van der Waals surface area contributed by atoms with Crippen LogP contribution in [0.2, 0.25) is 0 Å². The van der Waals surface area contributed by atoms with Crippen molar-refractivity contribution in [1.82, 2.24) is 0 Å². The molecule has 1 fully saturated rings. The lowest BCUT2D eigenvalue weighted by Gasteiger charge is -2.16. The predicted octanol–water partition coefficient (Wildman–Crippen LogP) is 4.09. The molecule has 0 radical (unpaired) electrons. The van der Waals surface area contributed by atoms with Crippen LogP contribution in [0.25, 0.3) is 0 Å². The number of ether oxygens (including phenoxy) is 2. The maximum atomic E-state index is 12.4. The topological polar surface area (TPSA) is 76.7 Å². The minimum Gasteiger partial charge on any atom is -0.494 e. The molecule has 27 heavy (non-hydrogen) atoms. The standard InChI is InChI=1S/C19H18Cl2N2O4/c1-26-15-9-14(23-18(25)12-10-19(12,20)21)16(27-2)8-13(15)22-17(24)11-6-4-3-5-7-11/h3-9,12H,10H2,1-2H3,(H,22,24)(H,23,25)/t12-/m1/s1. The number of nitrogens with one attached hydrogen (secondary N) is 2. The first-order chi connectivity index (χ1) is 12.9. The van der Waals surface area contributed by atoms with Crippen molar-refractivity contribution in [3.8, 4) is 11.5 Å². The average Bonchev–Trinajstić information content (AvgIpc) is 3.31. The van der Waals surface area contributed by atoms with Crippen LogP contribution in [0.3, 0.4) is 0 Å². The number of methoxy groups -OCH3 is 2. The summed E-state index contributed by atoms with van der Waals surface area (Å²) in [6, 6.07) is 11.9. The number of hydrogen-bond donors (Lipinski definition) is 2. The van der Waals surface area contributed by atoms with Gasteiger partial charge < -0.3 is 20.1 Å². The zero-order valence-electron chi connectivity index (χ0n) is 14.7. The van der Waals surface area contributed by atoms with Crippen LogP contribution in [0.1, 0.15) is 16.8 Å². The Bertz CT molecular complexity index is 872. The summed E-state index contributed by atoms with van der Waals surface area (Å²) in [5.74, 6) is -0.340. The third kappa shape index (κ3) is 4.28. The molecule has 142 valence electrons. The molecule has 0 bridgehead atoms. The van der Waals surface area contributed by atoms with Crippen LogP contribution in [0, 0.1) is 5.92 Å². The van der Waals surface area contributed by atoms with Crippen molar-refractivity contribution in [2.45, 2.75) is 10.8 Å². The van der Waals surface area contributed by atoms with Crippen molar-refractivity contribution in [2.75, 3.05) is 24.9 Å². The second-order valence-electron chi connectivity index (χ2n) is 6.08. The highest BCUT2D eigenvalue weighted by Crippen LogP contribution is 2.53. The van der Waals surface area contributed by atoms with E-state index < -0.39 is 10.3 Å². The molecule has 0 aliphatic heterocycles. The van der Waals surface area contributed by atoms with E-state index in [0.717, 1.165) is 0 Å². The van der Waals surface area contributed by atoms with Crippen molar-refractivity contribution < 1.29 is 19.1 Å². The highest BCUT2D eigenvalue weighted by atomic mass is 35.5. The summed E-state index contributed by atoms with van der Waals surface area (Å²) in [5, 5.41) is 5.52. The summed E-state index contributed by atoms with van der Waals surface area (Å²) in [5.41, 5.74) is 1.31. The van der Waals surface area contributed by atoms with E-state index in [1.54, 1.807) is 36.4 Å². The molecule has 2 aromatic rings. The lowest BCUT2D eigenvalue weighted by atomic mass is 10.2. The highest BCUT2D eigenvalue weighted by molar-refractivity contribution is 6.52. The van der Waals surface area contributed by atoms with Gasteiger partial charge >= 0.3 is 0 Å². The average molecular weight is 409 g/mol. The van der Waals surface area contributed by atoms with Crippen LogP contribution < -0.4 is 20.1 Å². The van der Waals surface area contributed by atoms with Gasteiger partial charge in [0.05, 0.1) is 31.5 Å². The molecular formula is C19H18Cl2N2O4. The van der Waals surface area contributed by atoms with E-state index in [1.807, 2.05) is 6.07 Å². The molecule has 1 saturated carbocycles. The Labute approximate surface area is 166 Å². The van der Waals surface area contributed by atoms with Gasteiger partial charge in [-0.15, -0.1) is 23.2 Å². The smallest absolute Gasteiger partial charge is 0.255 e. The Balaban J connectivity index is 1.83. The first-order valence-corrected chi connectivity index (χ1v) is 8.92. The van der Waals surface area contributed by atoms with Gasteiger partial charge in [-0.1, -0.05) is 18.2 Å². The predicted molar refractivity (Wildman–Crippen MR) is 105 cm³/mol. The van der Waals surface area contributed by atoms with Crippen molar-refractivity contribution in [3.05, 3.63) is 48.0 Å². The Morgan fingerprint density at radius 1 is 1.00 bits per heavy atom. The molecular weight excluding hydrogens is 391 g/mol. The number of carbonyl (C=O) groups is 2. The number of anilines is 2. The number of alkyl halides is 2. The number of carbonyl (C=O) groups excluding carboxylic acids is 2.